The van der Waals surface area contributed by atoms with Crippen molar-refractivity contribution in [2.45, 2.75) is 43.8 Å². The number of carbonyl (C=O) groups excluding carboxylic acids is 2. The van der Waals surface area contributed by atoms with Crippen molar-refractivity contribution in [3.8, 4) is 5.75 Å². The van der Waals surface area contributed by atoms with E-state index in [4.69, 9.17) is 4.74 Å². The second-order valence-corrected chi connectivity index (χ2v) is 11.8. The zero-order valence-electron chi connectivity index (χ0n) is 24.4. The van der Waals surface area contributed by atoms with E-state index < -0.39 is 16.1 Å². The Morgan fingerprint density at radius 2 is 1.44 bits per heavy atom. The van der Waals surface area contributed by atoms with Gasteiger partial charge in [0.2, 0.25) is 21.8 Å². The first-order valence-electron chi connectivity index (χ1n) is 14.2. The Morgan fingerprint density at radius 3 is 2.09 bits per heavy atom. The highest BCUT2D eigenvalue weighted by atomic mass is 32.2. The summed E-state index contributed by atoms with van der Waals surface area (Å²) in [5, 5.41) is 3.02. The largest absolute Gasteiger partial charge is 0.496 e. The van der Waals surface area contributed by atoms with Gasteiger partial charge in [-0.1, -0.05) is 97.9 Å². The zero-order valence-corrected chi connectivity index (χ0v) is 25.2. The molecule has 224 valence electrons. The van der Waals surface area contributed by atoms with E-state index in [1.807, 2.05) is 84.9 Å². The molecule has 2 N–H and O–H groups in total. The molecule has 1 atom stereocenters. The number of amides is 2. The van der Waals surface area contributed by atoms with Gasteiger partial charge in [0.1, 0.15) is 11.8 Å². The number of rotatable bonds is 14. The lowest BCUT2D eigenvalue weighted by molar-refractivity contribution is -0.141. The third-order valence-corrected chi connectivity index (χ3v) is 8.59. The summed E-state index contributed by atoms with van der Waals surface area (Å²) in [4.78, 5) is 29.6. The van der Waals surface area contributed by atoms with E-state index in [-0.39, 0.29) is 36.2 Å². The molecule has 0 fully saturated rings. The van der Waals surface area contributed by atoms with Crippen LogP contribution in [-0.4, -0.2) is 38.8 Å². The van der Waals surface area contributed by atoms with E-state index in [0.717, 1.165) is 16.7 Å². The molecular formula is C34H37N3O5S. The van der Waals surface area contributed by atoms with Gasteiger partial charge >= 0.3 is 0 Å². The Labute approximate surface area is 253 Å². The van der Waals surface area contributed by atoms with Crippen molar-refractivity contribution in [1.82, 2.24) is 14.9 Å². The standard InChI is InChI=1S/C34H37N3O5S/c1-3-36-43(40,41)30-21-18-26(19-22-30)20-23-32(38)37(25-27-12-6-4-7-13-27)33(28-14-8-5-9-15-28)34(39)35-24-29-16-10-11-17-31(29)42-2/h4-19,21-22,33,36H,3,20,23-25H2,1-2H3,(H,35,39). The lowest BCUT2D eigenvalue weighted by atomic mass is 10.0. The maximum Gasteiger partial charge on any atom is 0.247 e. The van der Waals surface area contributed by atoms with E-state index in [0.29, 0.717) is 24.3 Å². The first-order chi connectivity index (χ1) is 20.8. The van der Waals surface area contributed by atoms with Crippen molar-refractivity contribution >= 4 is 21.8 Å². The molecule has 4 aromatic carbocycles. The van der Waals surface area contributed by atoms with Gasteiger partial charge in [0.05, 0.1) is 12.0 Å². The minimum absolute atomic E-state index is 0.134. The molecule has 2 amide bonds. The number of methoxy groups -OCH3 is 1. The molecule has 0 aliphatic heterocycles. The Morgan fingerprint density at radius 1 is 0.814 bits per heavy atom. The average Bonchev–Trinajstić information content (AvgIpc) is 3.03. The Kier molecular flexibility index (Phi) is 11.1. The molecule has 4 aromatic rings. The van der Waals surface area contributed by atoms with Gasteiger partial charge in [-0.05, 0) is 41.3 Å². The topological polar surface area (TPSA) is 105 Å². The van der Waals surface area contributed by atoms with E-state index >= 15 is 0 Å². The fourth-order valence-electron chi connectivity index (χ4n) is 4.84. The summed E-state index contributed by atoms with van der Waals surface area (Å²) in [7, 11) is -1.98. The summed E-state index contributed by atoms with van der Waals surface area (Å²) in [6, 6.07) is 31.9. The summed E-state index contributed by atoms with van der Waals surface area (Å²) in [5.41, 5.74) is 3.24. The van der Waals surface area contributed by atoms with Crippen LogP contribution in [0.3, 0.4) is 0 Å². The van der Waals surface area contributed by atoms with Crippen molar-refractivity contribution in [3.05, 3.63) is 131 Å². The van der Waals surface area contributed by atoms with Crippen LogP contribution in [0, 0.1) is 0 Å². The van der Waals surface area contributed by atoms with Crippen LogP contribution in [0.15, 0.2) is 114 Å². The summed E-state index contributed by atoms with van der Waals surface area (Å²) in [5.74, 6) is 0.162. The number of ether oxygens (including phenoxy) is 1. The lowest BCUT2D eigenvalue weighted by Gasteiger charge is -2.32. The van der Waals surface area contributed by atoms with Gasteiger partial charge in [-0.25, -0.2) is 13.1 Å². The average molecular weight is 600 g/mol. The zero-order chi connectivity index (χ0) is 30.7. The minimum Gasteiger partial charge on any atom is -0.496 e. The number of sulfonamides is 1. The summed E-state index contributed by atoms with van der Waals surface area (Å²) < 4.78 is 32.5. The molecule has 1 unspecified atom stereocenters. The van der Waals surface area contributed by atoms with Crippen molar-refractivity contribution in [3.63, 3.8) is 0 Å². The van der Waals surface area contributed by atoms with Gasteiger partial charge in [-0.3, -0.25) is 9.59 Å². The van der Waals surface area contributed by atoms with Crippen molar-refractivity contribution in [2.24, 2.45) is 0 Å². The molecule has 0 spiro atoms. The van der Waals surface area contributed by atoms with Crippen LogP contribution in [0.4, 0.5) is 0 Å². The van der Waals surface area contributed by atoms with E-state index in [1.165, 1.54) is 12.1 Å². The summed E-state index contributed by atoms with van der Waals surface area (Å²) in [6.45, 7) is 2.49. The van der Waals surface area contributed by atoms with Crippen molar-refractivity contribution < 1.29 is 22.7 Å². The molecule has 43 heavy (non-hydrogen) atoms. The van der Waals surface area contributed by atoms with Gasteiger partial charge in [0.25, 0.3) is 0 Å². The van der Waals surface area contributed by atoms with Crippen molar-refractivity contribution in [2.75, 3.05) is 13.7 Å². The third kappa shape index (κ3) is 8.53. The highest BCUT2D eigenvalue weighted by molar-refractivity contribution is 7.89. The van der Waals surface area contributed by atoms with Crippen LogP contribution in [-0.2, 0) is 39.1 Å². The molecule has 0 aliphatic carbocycles. The Bertz CT molecular complexity index is 1590. The first kappa shape index (κ1) is 31.5. The van der Waals surface area contributed by atoms with Crippen LogP contribution in [0.1, 0.15) is 41.6 Å². The third-order valence-electron chi connectivity index (χ3n) is 7.03. The molecule has 0 saturated heterocycles. The molecule has 9 heteroatoms. The van der Waals surface area contributed by atoms with Gasteiger partial charge in [-0.15, -0.1) is 0 Å². The number of carbonyl (C=O) groups is 2. The van der Waals surface area contributed by atoms with Crippen molar-refractivity contribution in [1.29, 1.82) is 0 Å². The predicted molar refractivity (Wildman–Crippen MR) is 167 cm³/mol. The summed E-state index contributed by atoms with van der Waals surface area (Å²) in [6.07, 6.45) is 0.519. The molecule has 0 heterocycles. The molecule has 8 nitrogen and oxygen atoms in total. The quantitative estimate of drug-likeness (QED) is 0.212. The van der Waals surface area contributed by atoms with Gasteiger partial charge in [-0.2, -0.15) is 0 Å². The Hall–Kier alpha value is -4.47. The highest BCUT2D eigenvalue weighted by Crippen LogP contribution is 2.26. The summed E-state index contributed by atoms with van der Waals surface area (Å²) >= 11 is 0. The smallest absolute Gasteiger partial charge is 0.247 e. The van der Waals surface area contributed by atoms with Crippen LogP contribution < -0.4 is 14.8 Å². The number of nitrogens with zero attached hydrogens (tertiary/aromatic N) is 1. The maximum absolute atomic E-state index is 13.9. The number of para-hydroxylation sites is 1. The van der Waals surface area contributed by atoms with E-state index in [1.54, 1.807) is 31.1 Å². The highest BCUT2D eigenvalue weighted by Gasteiger charge is 2.31. The fourth-order valence-corrected chi connectivity index (χ4v) is 5.88. The molecular weight excluding hydrogens is 562 g/mol. The monoisotopic (exact) mass is 599 g/mol. The van der Waals surface area contributed by atoms with Crippen LogP contribution in [0.2, 0.25) is 0 Å². The second-order valence-electron chi connectivity index (χ2n) is 10.00. The maximum atomic E-state index is 13.9. The number of nitrogens with one attached hydrogen (secondary N) is 2. The van der Waals surface area contributed by atoms with Gasteiger partial charge in [0.15, 0.2) is 0 Å². The Balaban J connectivity index is 1.59. The minimum atomic E-state index is -3.57. The van der Waals surface area contributed by atoms with Gasteiger partial charge < -0.3 is 15.0 Å². The lowest BCUT2D eigenvalue weighted by Crippen LogP contribution is -2.43. The predicted octanol–water partition coefficient (Wildman–Crippen LogP) is 5.01. The van der Waals surface area contributed by atoms with E-state index in [2.05, 4.69) is 10.0 Å². The SMILES string of the molecule is CCNS(=O)(=O)c1ccc(CCC(=O)N(Cc2ccccc2)C(C(=O)NCc2ccccc2OC)c2ccccc2)cc1. The molecule has 0 bridgehead atoms. The van der Waals surface area contributed by atoms with Crippen LogP contribution in [0.25, 0.3) is 0 Å². The second kappa shape index (κ2) is 15.1. The fraction of sp³-hybridized carbons (Fsp3) is 0.235. The number of hydrogen-bond donors (Lipinski definition) is 2. The van der Waals surface area contributed by atoms with Crippen LogP contribution in [0.5, 0.6) is 5.75 Å². The molecule has 0 aliphatic rings. The number of aryl methyl sites for hydroxylation is 1. The molecule has 0 radical (unpaired) electrons. The van der Waals surface area contributed by atoms with E-state index in [9.17, 15) is 18.0 Å². The number of benzene rings is 4. The molecule has 0 saturated carbocycles. The van der Waals surface area contributed by atoms with Gasteiger partial charge in [0, 0.05) is 31.6 Å². The van der Waals surface area contributed by atoms with Crippen LogP contribution >= 0.6 is 0 Å². The molecule has 4 rings (SSSR count). The normalized spacial score (nSPS) is 11.9. The molecule has 0 aromatic heterocycles. The number of hydrogen-bond acceptors (Lipinski definition) is 5. The first-order valence-corrected chi connectivity index (χ1v) is 15.7.